The van der Waals surface area contributed by atoms with Crippen molar-refractivity contribution in [1.82, 2.24) is 5.43 Å². The summed E-state index contributed by atoms with van der Waals surface area (Å²) in [6.45, 7) is 4.30. The number of benzene rings is 2. The van der Waals surface area contributed by atoms with Crippen LogP contribution in [0, 0.1) is 0 Å². The lowest BCUT2D eigenvalue weighted by Gasteiger charge is -2.28. The lowest BCUT2D eigenvalue weighted by molar-refractivity contribution is -0.119. The molecule has 2 aromatic carbocycles. The van der Waals surface area contributed by atoms with Gasteiger partial charge in [-0.3, -0.25) is 4.79 Å². The van der Waals surface area contributed by atoms with E-state index in [0.29, 0.717) is 0 Å². The second-order valence-corrected chi connectivity index (χ2v) is 6.91. The third-order valence-corrected chi connectivity index (χ3v) is 4.90. The van der Waals surface area contributed by atoms with Crippen LogP contribution in [0.3, 0.4) is 0 Å². The number of rotatable bonds is 7. The van der Waals surface area contributed by atoms with E-state index in [0.717, 1.165) is 35.8 Å². The van der Waals surface area contributed by atoms with Crippen LogP contribution < -0.4 is 20.4 Å². The van der Waals surface area contributed by atoms with Gasteiger partial charge in [-0.2, -0.15) is 5.10 Å². The van der Waals surface area contributed by atoms with Crippen molar-refractivity contribution in [2.45, 2.75) is 26.2 Å². The Kier molecular flexibility index (Phi) is 6.89. The van der Waals surface area contributed by atoms with Crippen molar-refractivity contribution in [1.29, 1.82) is 0 Å². The van der Waals surface area contributed by atoms with E-state index in [1.165, 1.54) is 24.9 Å². The van der Waals surface area contributed by atoms with Crippen LogP contribution in [0.5, 0.6) is 5.75 Å². The van der Waals surface area contributed by atoms with Gasteiger partial charge in [-0.1, -0.05) is 12.1 Å². The molecule has 3 rings (SSSR count). The number of methoxy groups -OCH3 is 1. The first kappa shape index (κ1) is 19.7. The maximum atomic E-state index is 12.0. The quantitative estimate of drug-likeness (QED) is 0.569. The predicted octanol–water partition coefficient (Wildman–Crippen LogP) is 3.64. The molecule has 0 aliphatic carbocycles. The molecule has 1 heterocycles. The van der Waals surface area contributed by atoms with Crippen molar-refractivity contribution in [3.63, 3.8) is 0 Å². The Bertz CT molecular complexity index is 794. The summed E-state index contributed by atoms with van der Waals surface area (Å²) in [5.41, 5.74) is 6.49. The molecule has 1 aliphatic heterocycles. The molecule has 1 fully saturated rings. The second-order valence-electron chi connectivity index (χ2n) is 6.91. The van der Waals surface area contributed by atoms with Gasteiger partial charge in [0.25, 0.3) is 5.91 Å². The summed E-state index contributed by atoms with van der Waals surface area (Å²) in [4.78, 5) is 14.4. The molecule has 1 saturated heterocycles. The Morgan fingerprint density at radius 3 is 2.36 bits per heavy atom. The number of carbonyl (C=O) groups is 1. The molecule has 0 aromatic heterocycles. The summed E-state index contributed by atoms with van der Waals surface area (Å²) in [6.07, 6.45) is 3.85. The maximum absolute atomic E-state index is 12.0. The Balaban J connectivity index is 1.49. The van der Waals surface area contributed by atoms with Crippen LogP contribution in [-0.2, 0) is 4.79 Å². The van der Waals surface area contributed by atoms with Crippen LogP contribution in [0.25, 0.3) is 0 Å². The van der Waals surface area contributed by atoms with Gasteiger partial charge in [-0.25, -0.2) is 5.43 Å². The standard InChI is InChI=1S/C22H28N4O2/c1-17(18-6-10-20(11-7-18)26-14-4-3-5-15-26)24-25-22(27)16-23-19-8-12-21(28-2)13-9-19/h6-13,23H,3-5,14-16H2,1-2H3,(H,25,27)/b24-17-. The van der Waals surface area contributed by atoms with Gasteiger partial charge in [0.2, 0.25) is 0 Å². The molecular formula is C22H28N4O2. The van der Waals surface area contributed by atoms with Crippen molar-refractivity contribution >= 4 is 23.0 Å². The molecular weight excluding hydrogens is 352 g/mol. The summed E-state index contributed by atoms with van der Waals surface area (Å²) in [6, 6.07) is 15.8. The van der Waals surface area contributed by atoms with Crippen molar-refractivity contribution in [2.24, 2.45) is 5.10 Å². The first-order chi connectivity index (χ1) is 13.7. The topological polar surface area (TPSA) is 66.0 Å². The van der Waals surface area contributed by atoms with E-state index in [1.807, 2.05) is 31.2 Å². The Morgan fingerprint density at radius 1 is 1.04 bits per heavy atom. The van der Waals surface area contributed by atoms with Crippen molar-refractivity contribution in [3.05, 3.63) is 54.1 Å². The van der Waals surface area contributed by atoms with Crippen LogP contribution in [0.2, 0.25) is 0 Å². The Hall–Kier alpha value is -3.02. The monoisotopic (exact) mass is 380 g/mol. The van der Waals surface area contributed by atoms with Crippen LogP contribution in [-0.4, -0.2) is 38.4 Å². The van der Waals surface area contributed by atoms with Crippen LogP contribution >= 0.6 is 0 Å². The lowest BCUT2D eigenvalue weighted by Crippen LogP contribution is -2.29. The number of hydrogen-bond acceptors (Lipinski definition) is 5. The van der Waals surface area contributed by atoms with E-state index in [-0.39, 0.29) is 12.5 Å². The third kappa shape index (κ3) is 5.49. The van der Waals surface area contributed by atoms with E-state index in [2.05, 4.69) is 45.0 Å². The molecule has 0 atom stereocenters. The molecule has 0 unspecified atom stereocenters. The minimum atomic E-state index is -0.194. The average Bonchev–Trinajstić information content (AvgIpc) is 2.77. The van der Waals surface area contributed by atoms with Gasteiger partial charge >= 0.3 is 0 Å². The summed E-state index contributed by atoms with van der Waals surface area (Å²) >= 11 is 0. The van der Waals surface area contributed by atoms with Gasteiger partial charge in [-0.05, 0) is 68.1 Å². The first-order valence-corrected chi connectivity index (χ1v) is 9.72. The highest BCUT2D eigenvalue weighted by atomic mass is 16.5. The fraction of sp³-hybridized carbons (Fsp3) is 0.364. The first-order valence-electron chi connectivity index (χ1n) is 9.72. The molecule has 2 aromatic rings. The fourth-order valence-corrected chi connectivity index (χ4v) is 3.21. The van der Waals surface area contributed by atoms with E-state index in [9.17, 15) is 4.79 Å². The van der Waals surface area contributed by atoms with Gasteiger partial charge in [0.05, 0.1) is 19.4 Å². The third-order valence-electron chi connectivity index (χ3n) is 4.90. The van der Waals surface area contributed by atoms with E-state index >= 15 is 0 Å². The largest absolute Gasteiger partial charge is 0.497 e. The van der Waals surface area contributed by atoms with Gasteiger partial charge < -0.3 is 15.0 Å². The van der Waals surface area contributed by atoms with Crippen molar-refractivity contribution in [2.75, 3.05) is 37.0 Å². The minimum absolute atomic E-state index is 0.150. The van der Waals surface area contributed by atoms with Gasteiger partial charge in [0.1, 0.15) is 5.75 Å². The van der Waals surface area contributed by atoms with E-state index in [1.54, 1.807) is 7.11 Å². The molecule has 148 valence electrons. The maximum Gasteiger partial charge on any atom is 0.259 e. The van der Waals surface area contributed by atoms with Crippen molar-refractivity contribution in [3.8, 4) is 5.75 Å². The molecule has 1 aliphatic rings. The predicted molar refractivity (Wildman–Crippen MR) is 114 cm³/mol. The summed E-state index contributed by atoms with van der Waals surface area (Å²) < 4.78 is 5.12. The number of amides is 1. The molecule has 0 bridgehead atoms. The summed E-state index contributed by atoms with van der Waals surface area (Å²) in [5, 5.41) is 7.28. The highest BCUT2D eigenvalue weighted by molar-refractivity contribution is 5.99. The lowest BCUT2D eigenvalue weighted by atomic mass is 10.1. The van der Waals surface area contributed by atoms with E-state index < -0.39 is 0 Å². The van der Waals surface area contributed by atoms with Crippen LogP contribution in [0.15, 0.2) is 53.6 Å². The highest BCUT2D eigenvalue weighted by Gasteiger charge is 2.11. The number of hydrazone groups is 1. The smallest absolute Gasteiger partial charge is 0.259 e. The molecule has 28 heavy (non-hydrogen) atoms. The molecule has 2 N–H and O–H groups in total. The van der Waals surface area contributed by atoms with Crippen molar-refractivity contribution < 1.29 is 9.53 Å². The molecule has 6 nitrogen and oxygen atoms in total. The second kappa shape index (κ2) is 9.78. The number of piperidine rings is 1. The highest BCUT2D eigenvalue weighted by Crippen LogP contribution is 2.20. The van der Waals surface area contributed by atoms with Gasteiger partial charge in [-0.15, -0.1) is 0 Å². The zero-order valence-electron chi connectivity index (χ0n) is 16.6. The zero-order valence-corrected chi connectivity index (χ0v) is 16.6. The van der Waals surface area contributed by atoms with E-state index in [4.69, 9.17) is 4.74 Å². The van der Waals surface area contributed by atoms with Gasteiger partial charge in [0.15, 0.2) is 0 Å². The molecule has 0 saturated carbocycles. The van der Waals surface area contributed by atoms with Crippen LogP contribution in [0.1, 0.15) is 31.7 Å². The normalized spacial score (nSPS) is 14.5. The SMILES string of the molecule is COc1ccc(NCC(=O)N/N=C(/C)c2ccc(N3CCCCC3)cc2)cc1. The number of nitrogens with zero attached hydrogens (tertiary/aromatic N) is 2. The summed E-state index contributed by atoms with van der Waals surface area (Å²) in [5.74, 6) is 0.585. The Labute approximate surface area is 166 Å². The molecule has 0 spiro atoms. The Morgan fingerprint density at radius 2 is 1.71 bits per heavy atom. The number of carbonyl (C=O) groups excluding carboxylic acids is 1. The number of anilines is 2. The average molecular weight is 380 g/mol. The minimum Gasteiger partial charge on any atom is -0.497 e. The molecule has 1 amide bonds. The number of hydrogen-bond donors (Lipinski definition) is 2. The number of nitrogens with one attached hydrogen (secondary N) is 2. The van der Waals surface area contributed by atoms with Crippen LogP contribution in [0.4, 0.5) is 11.4 Å². The summed E-state index contributed by atoms with van der Waals surface area (Å²) in [7, 11) is 1.62. The zero-order chi connectivity index (χ0) is 19.8. The fourth-order valence-electron chi connectivity index (χ4n) is 3.21. The molecule has 6 heteroatoms. The molecule has 0 radical (unpaired) electrons. The number of ether oxygens (including phenoxy) is 1. The van der Waals surface area contributed by atoms with Gasteiger partial charge in [0, 0.05) is 24.5 Å².